The number of aromatic nitrogens is 1. The Morgan fingerprint density at radius 1 is 0.969 bits per heavy atom. The highest BCUT2D eigenvalue weighted by Crippen LogP contribution is 2.34. The Kier molecular flexibility index (Phi) is 6.21. The van der Waals surface area contributed by atoms with Gasteiger partial charge in [-0.05, 0) is 35.4 Å². The number of rotatable bonds is 7. The number of fused-ring (bicyclic) bond motifs is 1. The summed E-state index contributed by atoms with van der Waals surface area (Å²) in [6.45, 7) is 0.275. The molecule has 6 nitrogen and oxygen atoms in total. The summed E-state index contributed by atoms with van der Waals surface area (Å²) >= 11 is 6.52. The first kappa shape index (κ1) is 21.9. The lowest BCUT2D eigenvalue weighted by atomic mass is 9.90. The van der Waals surface area contributed by atoms with Gasteiger partial charge in [-0.1, -0.05) is 60.1 Å². The van der Waals surface area contributed by atoms with Crippen LogP contribution in [0.2, 0.25) is 5.02 Å². The van der Waals surface area contributed by atoms with Crippen LogP contribution in [-0.2, 0) is 10.0 Å². The smallest absolute Gasteiger partial charge is 0.253 e. The Hall–Kier alpha value is -3.29. The molecule has 4 rings (SSSR count). The maximum absolute atomic E-state index is 13.0. The quantitative estimate of drug-likeness (QED) is 0.366. The Bertz CT molecular complexity index is 1380. The van der Waals surface area contributed by atoms with Crippen molar-refractivity contribution in [1.82, 2.24) is 10.3 Å². The number of H-pyrrole nitrogens is 1. The van der Waals surface area contributed by atoms with Gasteiger partial charge in [-0.2, -0.15) is 0 Å². The Morgan fingerprint density at radius 3 is 2.44 bits per heavy atom. The molecule has 3 N–H and O–H groups in total. The van der Waals surface area contributed by atoms with Crippen LogP contribution in [0.1, 0.15) is 27.4 Å². The van der Waals surface area contributed by atoms with Gasteiger partial charge in [0.15, 0.2) is 0 Å². The van der Waals surface area contributed by atoms with E-state index in [1.165, 1.54) is 0 Å². The van der Waals surface area contributed by atoms with Crippen LogP contribution >= 0.6 is 11.6 Å². The number of halogens is 1. The molecule has 0 aliphatic rings. The van der Waals surface area contributed by atoms with Gasteiger partial charge >= 0.3 is 0 Å². The molecule has 0 bridgehead atoms. The van der Waals surface area contributed by atoms with Crippen molar-refractivity contribution in [2.24, 2.45) is 0 Å². The summed E-state index contributed by atoms with van der Waals surface area (Å²) in [7, 11) is -3.52. The zero-order chi connectivity index (χ0) is 22.7. The Balaban J connectivity index is 1.67. The molecule has 1 aromatic heterocycles. The van der Waals surface area contributed by atoms with E-state index in [2.05, 4.69) is 15.0 Å². The number of amides is 1. The van der Waals surface area contributed by atoms with Crippen molar-refractivity contribution < 1.29 is 13.2 Å². The largest absolute Gasteiger partial charge is 0.361 e. The van der Waals surface area contributed by atoms with Crippen molar-refractivity contribution in [2.45, 2.75) is 5.92 Å². The third-order valence-electron chi connectivity index (χ3n) is 5.21. The molecular formula is C24H22ClN3O3S. The predicted molar refractivity (Wildman–Crippen MR) is 129 cm³/mol. The second-order valence-electron chi connectivity index (χ2n) is 7.49. The van der Waals surface area contributed by atoms with Crippen molar-refractivity contribution in [3.8, 4) is 0 Å². The molecule has 1 atom stereocenters. The minimum Gasteiger partial charge on any atom is -0.361 e. The van der Waals surface area contributed by atoms with E-state index in [4.69, 9.17) is 11.6 Å². The van der Waals surface area contributed by atoms with Crippen LogP contribution < -0.4 is 10.0 Å². The topological polar surface area (TPSA) is 91.1 Å². The molecule has 0 aliphatic carbocycles. The fourth-order valence-corrected chi connectivity index (χ4v) is 4.63. The first-order valence-corrected chi connectivity index (χ1v) is 12.3. The summed E-state index contributed by atoms with van der Waals surface area (Å²) in [6.07, 6.45) is 2.98. The molecule has 164 valence electrons. The SMILES string of the molecule is CS(=O)(=O)Nc1ccccc1C(=O)NCC(c1ccccc1Cl)c1c[nH]c2ccccc12. The van der Waals surface area contributed by atoms with E-state index in [1.807, 2.05) is 54.7 Å². The number of benzene rings is 3. The van der Waals surface area contributed by atoms with Gasteiger partial charge in [0.05, 0.1) is 17.5 Å². The zero-order valence-corrected chi connectivity index (χ0v) is 18.9. The summed E-state index contributed by atoms with van der Waals surface area (Å²) < 4.78 is 25.8. The molecule has 3 aromatic carbocycles. The van der Waals surface area contributed by atoms with Crippen molar-refractivity contribution >= 4 is 44.1 Å². The van der Waals surface area contributed by atoms with Gasteiger partial charge in [0, 0.05) is 34.6 Å². The molecule has 1 unspecified atom stereocenters. The molecule has 0 fully saturated rings. The molecule has 1 heterocycles. The summed E-state index contributed by atoms with van der Waals surface area (Å²) in [4.78, 5) is 16.3. The predicted octanol–water partition coefficient (Wildman–Crippen LogP) is 4.75. The number of aromatic amines is 1. The van der Waals surface area contributed by atoms with Crippen LogP contribution in [-0.4, -0.2) is 32.1 Å². The summed E-state index contributed by atoms with van der Waals surface area (Å²) in [5, 5.41) is 4.61. The van der Waals surface area contributed by atoms with E-state index in [0.717, 1.165) is 28.3 Å². The van der Waals surface area contributed by atoms with Gasteiger partial charge in [-0.3, -0.25) is 9.52 Å². The third-order valence-corrected chi connectivity index (χ3v) is 6.15. The normalized spacial score (nSPS) is 12.4. The number of hydrogen-bond acceptors (Lipinski definition) is 3. The van der Waals surface area contributed by atoms with Gasteiger partial charge in [-0.15, -0.1) is 0 Å². The lowest BCUT2D eigenvalue weighted by Crippen LogP contribution is -2.30. The molecule has 32 heavy (non-hydrogen) atoms. The summed E-state index contributed by atoms with van der Waals surface area (Å²) in [5.74, 6) is -0.590. The van der Waals surface area contributed by atoms with Gasteiger partial charge in [-0.25, -0.2) is 8.42 Å². The standard InChI is InChI=1S/C24H22ClN3O3S/c1-32(30,31)28-23-13-7-4-10-18(23)24(29)27-15-19(16-8-2-5-11-21(16)25)20-14-26-22-12-6-3-9-17(20)22/h2-14,19,26,28H,15H2,1H3,(H,27,29). The monoisotopic (exact) mass is 467 g/mol. The van der Waals surface area contributed by atoms with Crippen LogP contribution in [0.25, 0.3) is 10.9 Å². The van der Waals surface area contributed by atoms with Crippen LogP contribution in [0.4, 0.5) is 5.69 Å². The molecule has 0 radical (unpaired) electrons. The van der Waals surface area contributed by atoms with Crippen molar-refractivity contribution in [3.05, 3.63) is 101 Å². The second kappa shape index (κ2) is 9.06. The van der Waals surface area contributed by atoms with Crippen molar-refractivity contribution in [2.75, 3.05) is 17.5 Å². The van der Waals surface area contributed by atoms with Gasteiger partial charge in [0.1, 0.15) is 0 Å². The maximum Gasteiger partial charge on any atom is 0.253 e. The highest BCUT2D eigenvalue weighted by atomic mass is 35.5. The van der Waals surface area contributed by atoms with Gasteiger partial charge in [0.25, 0.3) is 5.91 Å². The average molecular weight is 468 g/mol. The van der Waals surface area contributed by atoms with Crippen LogP contribution in [0.5, 0.6) is 0 Å². The van der Waals surface area contributed by atoms with Crippen LogP contribution in [0.15, 0.2) is 79.0 Å². The van der Waals surface area contributed by atoms with Crippen molar-refractivity contribution in [3.63, 3.8) is 0 Å². The number of nitrogens with one attached hydrogen (secondary N) is 3. The number of carbonyl (C=O) groups excluding carboxylic acids is 1. The van der Waals surface area contributed by atoms with Crippen molar-refractivity contribution in [1.29, 1.82) is 0 Å². The third kappa shape index (κ3) is 4.79. The van der Waals surface area contributed by atoms with Gasteiger partial charge in [0.2, 0.25) is 10.0 Å². The van der Waals surface area contributed by atoms with E-state index in [0.29, 0.717) is 5.02 Å². The van der Waals surface area contributed by atoms with E-state index in [-0.39, 0.29) is 29.6 Å². The first-order valence-electron chi connectivity index (χ1n) is 9.99. The zero-order valence-electron chi connectivity index (χ0n) is 17.3. The van der Waals surface area contributed by atoms with E-state index < -0.39 is 10.0 Å². The molecule has 0 saturated carbocycles. The molecule has 0 saturated heterocycles. The second-order valence-corrected chi connectivity index (χ2v) is 9.65. The first-order chi connectivity index (χ1) is 15.3. The molecule has 0 spiro atoms. The number of hydrogen-bond donors (Lipinski definition) is 3. The maximum atomic E-state index is 13.0. The minimum absolute atomic E-state index is 0.209. The lowest BCUT2D eigenvalue weighted by Gasteiger charge is -2.20. The van der Waals surface area contributed by atoms with Crippen LogP contribution in [0.3, 0.4) is 0 Å². The number of para-hydroxylation sites is 2. The highest BCUT2D eigenvalue weighted by molar-refractivity contribution is 7.92. The fraction of sp³-hybridized carbons (Fsp3) is 0.125. The fourth-order valence-electron chi connectivity index (χ4n) is 3.79. The van der Waals surface area contributed by atoms with E-state index in [1.54, 1.807) is 24.3 Å². The van der Waals surface area contributed by atoms with E-state index >= 15 is 0 Å². The average Bonchev–Trinajstić information content (AvgIpc) is 3.18. The lowest BCUT2D eigenvalue weighted by molar-refractivity contribution is 0.0953. The molecule has 8 heteroatoms. The molecule has 0 aliphatic heterocycles. The number of anilines is 1. The van der Waals surface area contributed by atoms with E-state index in [9.17, 15) is 13.2 Å². The molecule has 1 amide bonds. The highest BCUT2D eigenvalue weighted by Gasteiger charge is 2.22. The van der Waals surface area contributed by atoms with Gasteiger partial charge < -0.3 is 10.3 Å². The number of carbonyl (C=O) groups is 1. The number of sulfonamides is 1. The van der Waals surface area contributed by atoms with Crippen LogP contribution in [0, 0.1) is 0 Å². The summed E-state index contributed by atoms with van der Waals surface area (Å²) in [5.41, 5.74) is 3.37. The minimum atomic E-state index is -3.52. The molecule has 4 aromatic rings. The Morgan fingerprint density at radius 2 is 1.66 bits per heavy atom. The Labute approximate surface area is 191 Å². The summed E-state index contributed by atoms with van der Waals surface area (Å²) in [6, 6.07) is 22.0. The molecular weight excluding hydrogens is 446 g/mol.